The molecule has 0 saturated carbocycles. The molecular formula is C16H18O5. The molecule has 21 heavy (non-hydrogen) atoms. The zero-order valence-corrected chi connectivity index (χ0v) is 11.9. The van der Waals surface area contributed by atoms with Crippen LogP contribution in [0.15, 0.2) is 49.1 Å². The monoisotopic (exact) mass is 290 g/mol. The van der Waals surface area contributed by atoms with E-state index >= 15 is 0 Å². The Kier molecular flexibility index (Phi) is 5.40. The first-order valence-electron chi connectivity index (χ1n) is 6.60. The molecule has 1 aliphatic rings. The number of carbonyl (C=O) groups excluding carboxylic acids is 1. The summed E-state index contributed by atoms with van der Waals surface area (Å²) >= 11 is 0. The minimum Gasteiger partial charge on any atom is -0.497 e. The van der Waals surface area contributed by atoms with E-state index in [4.69, 9.17) is 18.9 Å². The van der Waals surface area contributed by atoms with Crippen molar-refractivity contribution in [3.63, 3.8) is 0 Å². The van der Waals surface area contributed by atoms with Crippen LogP contribution in [0.5, 0.6) is 5.75 Å². The van der Waals surface area contributed by atoms with Crippen molar-refractivity contribution in [1.82, 2.24) is 0 Å². The highest BCUT2D eigenvalue weighted by Crippen LogP contribution is 2.18. The Labute approximate surface area is 123 Å². The molecule has 0 unspecified atom stereocenters. The van der Waals surface area contributed by atoms with Gasteiger partial charge in [0.05, 0.1) is 20.3 Å². The smallest absolute Gasteiger partial charge is 0.497 e. The molecule has 1 fully saturated rings. The second-order valence-corrected chi connectivity index (χ2v) is 4.47. The number of hydrogen-bond donors (Lipinski definition) is 0. The molecule has 1 aliphatic heterocycles. The minimum atomic E-state index is -0.674. The van der Waals surface area contributed by atoms with Crippen molar-refractivity contribution in [3.8, 4) is 5.75 Å². The summed E-state index contributed by atoms with van der Waals surface area (Å²) in [4.78, 5) is 11.2. The Hall–Kier alpha value is -2.27. The lowest BCUT2D eigenvalue weighted by atomic mass is 10.2. The number of allylic oxidation sites excluding steroid dienone is 2. The number of hydrogen-bond acceptors (Lipinski definition) is 5. The summed E-state index contributed by atoms with van der Waals surface area (Å²) in [5.41, 5.74) is 1.01. The predicted molar refractivity (Wildman–Crippen MR) is 77.1 cm³/mol. The summed E-state index contributed by atoms with van der Waals surface area (Å²) in [5.74, 6) is 0.798. The molecule has 5 nitrogen and oxygen atoms in total. The van der Waals surface area contributed by atoms with E-state index in [1.54, 1.807) is 25.3 Å². The molecule has 0 spiro atoms. The summed E-state index contributed by atoms with van der Waals surface area (Å²) < 4.78 is 20.7. The van der Waals surface area contributed by atoms with Crippen LogP contribution in [0.1, 0.15) is 5.56 Å². The maximum atomic E-state index is 11.2. The highest BCUT2D eigenvalue weighted by Gasteiger charge is 2.34. The first kappa shape index (κ1) is 15.1. The maximum absolute atomic E-state index is 11.2. The van der Waals surface area contributed by atoms with E-state index in [1.807, 2.05) is 24.3 Å². The van der Waals surface area contributed by atoms with Gasteiger partial charge in [0.1, 0.15) is 5.75 Å². The quantitative estimate of drug-likeness (QED) is 0.571. The molecule has 0 aromatic heterocycles. The molecule has 5 heteroatoms. The second-order valence-electron chi connectivity index (χ2n) is 4.47. The fourth-order valence-corrected chi connectivity index (χ4v) is 1.90. The molecular weight excluding hydrogens is 272 g/mol. The Morgan fingerprint density at radius 1 is 1.29 bits per heavy atom. The van der Waals surface area contributed by atoms with Gasteiger partial charge in [-0.1, -0.05) is 30.9 Å². The van der Waals surface area contributed by atoms with Crippen LogP contribution in [-0.4, -0.2) is 32.1 Å². The van der Waals surface area contributed by atoms with Crippen LogP contribution < -0.4 is 4.74 Å². The van der Waals surface area contributed by atoms with E-state index in [0.717, 1.165) is 11.3 Å². The first-order chi connectivity index (χ1) is 10.2. The molecule has 1 aromatic rings. The average Bonchev–Trinajstić information content (AvgIpc) is 2.86. The van der Waals surface area contributed by atoms with Gasteiger partial charge in [0.15, 0.2) is 12.2 Å². The summed E-state index contributed by atoms with van der Waals surface area (Å²) in [7, 11) is 1.62. The van der Waals surface area contributed by atoms with E-state index in [9.17, 15) is 4.79 Å². The Bertz CT molecular complexity index is 506. The Morgan fingerprint density at radius 2 is 2.05 bits per heavy atom. The minimum absolute atomic E-state index is 0.268. The van der Waals surface area contributed by atoms with Gasteiger partial charge in [-0.15, -0.1) is 0 Å². The van der Waals surface area contributed by atoms with E-state index in [0.29, 0.717) is 6.61 Å². The molecule has 0 radical (unpaired) electrons. The number of methoxy groups -OCH3 is 1. The summed E-state index contributed by atoms with van der Waals surface area (Å²) in [6.45, 7) is 4.27. The average molecular weight is 290 g/mol. The van der Waals surface area contributed by atoms with Crippen molar-refractivity contribution in [2.75, 3.05) is 13.7 Å². The van der Waals surface area contributed by atoms with Crippen molar-refractivity contribution in [2.45, 2.75) is 18.8 Å². The molecule has 2 atom stereocenters. The third kappa shape index (κ3) is 4.36. The van der Waals surface area contributed by atoms with Gasteiger partial charge < -0.3 is 18.9 Å². The zero-order chi connectivity index (χ0) is 15.1. The molecule has 0 bridgehead atoms. The van der Waals surface area contributed by atoms with Crippen molar-refractivity contribution < 1.29 is 23.7 Å². The van der Waals surface area contributed by atoms with E-state index in [2.05, 4.69) is 6.58 Å². The number of benzene rings is 1. The molecule has 1 aromatic carbocycles. The topological polar surface area (TPSA) is 54.0 Å². The number of cyclic esters (lactones) is 2. The molecule has 1 saturated heterocycles. The SMILES string of the molecule is C=C/C=C/[C@@H]1OC(=O)O[C@H]1COCc1ccc(OC)cc1. The predicted octanol–water partition coefficient (Wildman–Crippen LogP) is 2.86. The van der Waals surface area contributed by atoms with Crippen LogP contribution >= 0.6 is 0 Å². The van der Waals surface area contributed by atoms with Gasteiger partial charge in [-0.3, -0.25) is 0 Å². The molecule has 112 valence electrons. The third-order valence-electron chi connectivity index (χ3n) is 2.99. The zero-order valence-electron chi connectivity index (χ0n) is 11.9. The lowest BCUT2D eigenvalue weighted by Crippen LogP contribution is -2.26. The van der Waals surface area contributed by atoms with E-state index in [-0.39, 0.29) is 6.61 Å². The largest absolute Gasteiger partial charge is 0.509 e. The van der Waals surface area contributed by atoms with E-state index in [1.165, 1.54) is 0 Å². The van der Waals surface area contributed by atoms with Crippen LogP contribution in [0.2, 0.25) is 0 Å². The van der Waals surface area contributed by atoms with Gasteiger partial charge in [0, 0.05) is 0 Å². The number of ether oxygens (including phenoxy) is 4. The second kappa shape index (κ2) is 7.50. The van der Waals surface area contributed by atoms with Gasteiger partial charge in [-0.25, -0.2) is 4.79 Å². The van der Waals surface area contributed by atoms with Crippen molar-refractivity contribution in [3.05, 3.63) is 54.6 Å². The Morgan fingerprint density at radius 3 is 2.71 bits per heavy atom. The molecule has 2 rings (SSSR count). The lowest BCUT2D eigenvalue weighted by molar-refractivity contribution is 0.0305. The van der Waals surface area contributed by atoms with Gasteiger partial charge in [0.2, 0.25) is 0 Å². The van der Waals surface area contributed by atoms with Crippen LogP contribution in [0, 0.1) is 0 Å². The van der Waals surface area contributed by atoms with Crippen LogP contribution in [0.25, 0.3) is 0 Å². The van der Waals surface area contributed by atoms with Gasteiger partial charge in [-0.05, 0) is 23.8 Å². The van der Waals surface area contributed by atoms with Crippen LogP contribution in [0.4, 0.5) is 4.79 Å². The Balaban J connectivity index is 1.82. The molecule has 0 aliphatic carbocycles. The van der Waals surface area contributed by atoms with Crippen molar-refractivity contribution in [2.24, 2.45) is 0 Å². The lowest BCUT2D eigenvalue weighted by Gasteiger charge is -2.12. The highest BCUT2D eigenvalue weighted by molar-refractivity contribution is 5.63. The van der Waals surface area contributed by atoms with Gasteiger partial charge >= 0.3 is 6.16 Å². The summed E-state index contributed by atoms with van der Waals surface area (Å²) in [6, 6.07) is 7.58. The number of rotatable bonds is 7. The highest BCUT2D eigenvalue weighted by atomic mass is 16.8. The third-order valence-corrected chi connectivity index (χ3v) is 2.99. The molecule has 1 heterocycles. The van der Waals surface area contributed by atoms with Gasteiger partial charge in [-0.2, -0.15) is 0 Å². The standard InChI is InChI=1S/C16H18O5/c1-3-4-5-14-15(21-16(17)20-14)11-19-10-12-6-8-13(18-2)9-7-12/h3-9,14-15H,1,10-11H2,2H3/b5-4+/t14-,15-/m0/s1. The van der Waals surface area contributed by atoms with Crippen molar-refractivity contribution in [1.29, 1.82) is 0 Å². The van der Waals surface area contributed by atoms with Gasteiger partial charge in [0.25, 0.3) is 0 Å². The molecule has 0 N–H and O–H groups in total. The normalized spacial score (nSPS) is 21.1. The van der Waals surface area contributed by atoms with Crippen LogP contribution in [0.3, 0.4) is 0 Å². The van der Waals surface area contributed by atoms with Crippen molar-refractivity contribution >= 4 is 6.16 Å². The maximum Gasteiger partial charge on any atom is 0.509 e. The summed E-state index contributed by atoms with van der Waals surface area (Å²) in [5, 5.41) is 0. The van der Waals surface area contributed by atoms with Crippen LogP contribution in [-0.2, 0) is 20.8 Å². The first-order valence-corrected chi connectivity index (χ1v) is 6.60. The molecule has 0 amide bonds. The summed E-state index contributed by atoms with van der Waals surface area (Å²) in [6.07, 6.45) is 3.49. The number of carbonyl (C=O) groups is 1. The fraction of sp³-hybridized carbons (Fsp3) is 0.312. The van der Waals surface area contributed by atoms with E-state index < -0.39 is 18.4 Å². The fourth-order valence-electron chi connectivity index (χ4n) is 1.90.